The highest BCUT2D eigenvalue weighted by Gasteiger charge is 2.40. The average Bonchev–Trinajstić information content (AvgIpc) is 3.05. The lowest BCUT2D eigenvalue weighted by molar-refractivity contribution is 0.0390. The van der Waals surface area contributed by atoms with Crippen LogP contribution in [0.2, 0.25) is 0 Å². The standard InChI is InChI=1S/C18H29NO2/c1-4-15-9-13(2)14(3)10-20-12-16-5-7-19-8-6-17(18(16)19)21-11-15/h4-5,13-14,17-18H,6-12H2,1-3H3/b15-4-/t13-,14-,17-,18-/m1/s1. The van der Waals surface area contributed by atoms with Crippen molar-refractivity contribution in [3.8, 4) is 0 Å². The fourth-order valence-corrected chi connectivity index (χ4v) is 3.79. The lowest BCUT2D eigenvalue weighted by Crippen LogP contribution is -2.35. The molecule has 3 heterocycles. The van der Waals surface area contributed by atoms with E-state index in [4.69, 9.17) is 9.47 Å². The van der Waals surface area contributed by atoms with Gasteiger partial charge in [-0.1, -0.05) is 26.0 Å². The summed E-state index contributed by atoms with van der Waals surface area (Å²) in [6.45, 7) is 11.5. The van der Waals surface area contributed by atoms with Gasteiger partial charge in [0.05, 0.1) is 25.4 Å². The van der Waals surface area contributed by atoms with Crippen LogP contribution in [0.1, 0.15) is 33.6 Å². The molecule has 2 saturated heterocycles. The maximum atomic E-state index is 6.30. The zero-order chi connectivity index (χ0) is 14.8. The minimum Gasteiger partial charge on any atom is -0.377 e. The van der Waals surface area contributed by atoms with Crippen LogP contribution in [0.25, 0.3) is 0 Å². The van der Waals surface area contributed by atoms with E-state index in [0.29, 0.717) is 24.0 Å². The van der Waals surface area contributed by atoms with Gasteiger partial charge in [-0.25, -0.2) is 0 Å². The van der Waals surface area contributed by atoms with Crippen LogP contribution in [-0.4, -0.2) is 50.0 Å². The molecule has 0 spiro atoms. The molecule has 3 heteroatoms. The third-order valence-electron chi connectivity index (χ3n) is 5.51. The van der Waals surface area contributed by atoms with Gasteiger partial charge in [0.2, 0.25) is 0 Å². The highest BCUT2D eigenvalue weighted by Crippen LogP contribution is 2.32. The molecule has 0 aromatic heterocycles. The van der Waals surface area contributed by atoms with Gasteiger partial charge in [0.25, 0.3) is 0 Å². The second kappa shape index (κ2) is 6.64. The number of rotatable bonds is 0. The number of ether oxygens (including phenoxy) is 2. The Balaban J connectivity index is 1.74. The summed E-state index contributed by atoms with van der Waals surface area (Å²) in [5, 5.41) is 0. The Bertz CT molecular complexity index is 429. The van der Waals surface area contributed by atoms with Crippen molar-refractivity contribution >= 4 is 0 Å². The Labute approximate surface area is 129 Å². The number of hydrogen-bond acceptors (Lipinski definition) is 3. The molecule has 0 N–H and O–H groups in total. The largest absolute Gasteiger partial charge is 0.377 e. The van der Waals surface area contributed by atoms with Crippen molar-refractivity contribution < 1.29 is 9.47 Å². The molecule has 4 atom stereocenters. The van der Waals surface area contributed by atoms with Crippen LogP contribution in [0, 0.1) is 11.8 Å². The van der Waals surface area contributed by atoms with Gasteiger partial charge in [-0.2, -0.15) is 0 Å². The predicted molar refractivity (Wildman–Crippen MR) is 85.3 cm³/mol. The van der Waals surface area contributed by atoms with E-state index in [2.05, 4.69) is 37.8 Å². The molecule has 118 valence electrons. The van der Waals surface area contributed by atoms with Gasteiger partial charge in [0, 0.05) is 19.7 Å². The topological polar surface area (TPSA) is 21.7 Å². The quantitative estimate of drug-likeness (QED) is 0.640. The lowest BCUT2D eigenvalue weighted by Gasteiger charge is -2.28. The predicted octanol–water partition coefficient (Wildman–Crippen LogP) is 3.02. The van der Waals surface area contributed by atoms with E-state index in [1.54, 1.807) is 0 Å². The highest BCUT2D eigenvalue weighted by atomic mass is 16.5. The van der Waals surface area contributed by atoms with Crippen molar-refractivity contribution in [3.05, 3.63) is 23.3 Å². The zero-order valence-corrected chi connectivity index (χ0v) is 13.7. The van der Waals surface area contributed by atoms with Crippen molar-refractivity contribution in [2.24, 2.45) is 11.8 Å². The van der Waals surface area contributed by atoms with E-state index in [1.807, 2.05) is 0 Å². The number of nitrogens with zero attached hydrogens (tertiary/aromatic N) is 1. The zero-order valence-electron chi connectivity index (χ0n) is 13.7. The molecule has 0 aromatic carbocycles. The van der Waals surface area contributed by atoms with Crippen molar-refractivity contribution in [1.82, 2.24) is 4.90 Å². The van der Waals surface area contributed by atoms with Crippen LogP contribution in [0.15, 0.2) is 23.3 Å². The first-order valence-electron chi connectivity index (χ1n) is 8.45. The smallest absolute Gasteiger partial charge is 0.0786 e. The van der Waals surface area contributed by atoms with Gasteiger partial charge in [-0.15, -0.1) is 0 Å². The van der Waals surface area contributed by atoms with E-state index in [1.165, 1.54) is 11.1 Å². The molecule has 21 heavy (non-hydrogen) atoms. The molecule has 3 rings (SSSR count). The minimum absolute atomic E-state index is 0.351. The Morgan fingerprint density at radius 1 is 1.24 bits per heavy atom. The van der Waals surface area contributed by atoms with Crippen LogP contribution in [0.3, 0.4) is 0 Å². The van der Waals surface area contributed by atoms with Crippen molar-refractivity contribution in [3.63, 3.8) is 0 Å². The first kappa shape index (κ1) is 15.3. The van der Waals surface area contributed by atoms with E-state index >= 15 is 0 Å². The Morgan fingerprint density at radius 3 is 2.90 bits per heavy atom. The first-order chi connectivity index (χ1) is 10.2. The summed E-state index contributed by atoms with van der Waals surface area (Å²) in [6.07, 6.45) is 7.24. The summed E-state index contributed by atoms with van der Waals surface area (Å²) in [5.74, 6) is 1.24. The normalized spacial score (nSPS) is 40.5. The van der Waals surface area contributed by atoms with Crippen LogP contribution in [0.5, 0.6) is 0 Å². The van der Waals surface area contributed by atoms with Gasteiger partial charge in [-0.05, 0) is 42.7 Å². The molecular formula is C18H29NO2. The molecular weight excluding hydrogens is 262 g/mol. The molecule has 0 radical (unpaired) electrons. The van der Waals surface area contributed by atoms with Crippen LogP contribution in [-0.2, 0) is 9.47 Å². The Hall–Kier alpha value is -0.640. The SMILES string of the molecule is C/C=C1\CO[C@@H]2CCN3CC=C(COC[C@@H](C)[C@H](C)C1)[C@H]23. The third kappa shape index (κ3) is 3.25. The van der Waals surface area contributed by atoms with E-state index in [0.717, 1.165) is 45.8 Å². The van der Waals surface area contributed by atoms with Crippen molar-refractivity contribution in [2.45, 2.75) is 45.8 Å². The number of hydrogen-bond donors (Lipinski definition) is 0. The van der Waals surface area contributed by atoms with Crippen molar-refractivity contribution in [2.75, 3.05) is 32.9 Å². The second-order valence-corrected chi connectivity index (χ2v) is 6.98. The van der Waals surface area contributed by atoms with Gasteiger partial charge in [0.1, 0.15) is 0 Å². The molecule has 0 bridgehead atoms. The van der Waals surface area contributed by atoms with Crippen LogP contribution in [0.4, 0.5) is 0 Å². The molecule has 3 aliphatic heterocycles. The Morgan fingerprint density at radius 2 is 2.10 bits per heavy atom. The monoisotopic (exact) mass is 291 g/mol. The van der Waals surface area contributed by atoms with Gasteiger partial charge in [-0.3, -0.25) is 4.90 Å². The van der Waals surface area contributed by atoms with Crippen LogP contribution < -0.4 is 0 Å². The fourth-order valence-electron chi connectivity index (χ4n) is 3.79. The van der Waals surface area contributed by atoms with Gasteiger partial charge >= 0.3 is 0 Å². The molecule has 0 unspecified atom stereocenters. The minimum atomic E-state index is 0.351. The van der Waals surface area contributed by atoms with E-state index < -0.39 is 0 Å². The molecule has 2 fully saturated rings. The summed E-state index contributed by atoms with van der Waals surface area (Å²) in [6, 6.07) is 0.468. The fraction of sp³-hybridized carbons (Fsp3) is 0.778. The van der Waals surface area contributed by atoms with E-state index in [9.17, 15) is 0 Å². The molecule has 0 aromatic rings. The van der Waals surface area contributed by atoms with Gasteiger partial charge < -0.3 is 9.47 Å². The summed E-state index contributed by atoms with van der Waals surface area (Å²) < 4.78 is 12.3. The van der Waals surface area contributed by atoms with Crippen molar-refractivity contribution in [1.29, 1.82) is 0 Å². The third-order valence-corrected chi connectivity index (χ3v) is 5.51. The second-order valence-electron chi connectivity index (χ2n) is 6.98. The number of allylic oxidation sites excluding steroid dienone is 1. The summed E-state index contributed by atoms with van der Waals surface area (Å²) >= 11 is 0. The van der Waals surface area contributed by atoms with Gasteiger partial charge in [0.15, 0.2) is 0 Å². The lowest BCUT2D eigenvalue weighted by atomic mass is 9.90. The maximum absolute atomic E-state index is 6.30. The molecule has 0 saturated carbocycles. The first-order valence-corrected chi connectivity index (χ1v) is 8.45. The average molecular weight is 291 g/mol. The summed E-state index contributed by atoms with van der Waals surface area (Å²) in [4.78, 5) is 2.54. The molecule has 0 aliphatic carbocycles. The Kier molecular flexibility index (Phi) is 4.82. The maximum Gasteiger partial charge on any atom is 0.0786 e. The molecule has 0 amide bonds. The summed E-state index contributed by atoms with van der Waals surface area (Å²) in [7, 11) is 0. The molecule has 3 nitrogen and oxygen atoms in total. The summed E-state index contributed by atoms with van der Waals surface area (Å²) in [5.41, 5.74) is 2.89. The molecule has 3 aliphatic rings. The van der Waals surface area contributed by atoms with E-state index in [-0.39, 0.29) is 0 Å². The van der Waals surface area contributed by atoms with Crippen LogP contribution >= 0.6 is 0 Å². The highest BCUT2D eigenvalue weighted by molar-refractivity contribution is 5.23.